The minimum absolute atomic E-state index is 0.673. The van der Waals surface area contributed by atoms with E-state index < -0.39 is 0 Å². The number of aliphatic imine (C=N–C) groups is 1. The van der Waals surface area contributed by atoms with Crippen molar-refractivity contribution in [2.24, 2.45) is 16.8 Å². The molecule has 1 aromatic heterocycles. The van der Waals surface area contributed by atoms with E-state index in [2.05, 4.69) is 10.2 Å². The third kappa shape index (κ3) is 3.42. The van der Waals surface area contributed by atoms with Crippen molar-refractivity contribution in [3.8, 4) is 0 Å². The van der Waals surface area contributed by atoms with Gasteiger partial charge in [0.05, 0.1) is 6.26 Å². The summed E-state index contributed by atoms with van der Waals surface area (Å²) in [5.74, 6) is 4.11. The zero-order valence-corrected chi connectivity index (χ0v) is 12.6. The second-order valence-electron chi connectivity index (χ2n) is 6.79. The Labute approximate surface area is 126 Å². The van der Waals surface area contributed by atoms with E-state index in [1.807, 2.05) is 12.1 Å². The highest BCUT2D eigenvalue weighted by Gasteiger charge is 2.37. The molecule has 3 aliphatic rings. The first-order chi connectivity index (χ1) is 10.4. The van der Waals surface area contributed by atoms with Gasteiger partial charge in [-0.3, -0.25) is 4.99 Å². The predicted molar refractivity (Wildman–Crippen MR) is 83.3 cm³/mol. The van der Waals surface area contributed by atoms with E-state index >= 15 is 0 Å². The van der Waals surface area contributed by atoms with E-state index in [0.717, 1.165) is 36.5 Å². The van der Waals surface area contributed by atoms with E-state index in [0.29, 0.717) is 6.04 Å². The molecule has 1 saturated heterocycles. The Hall–Kier alpha value is -1.45. The molecule has 1 N–H and O–H groups in total. The van der Waals surface area contributed by atoms with E-state index in [9.17, 15) is 0 Å². The van der Waals surface area contributed by atoms with Gasteiger partial charge in [-0.2, -0.15) is 0 Å². The quantitative estimate of drug-likeness (QED) is 0.668. The molecule has 0 amide bonds. The molecule has 0 spiro atoms. The molecule has 1 atom stereocenters. The molecule has 4 heteroatoms. The summed E-state index contributed by atoms with van der Waals surface area (Å²) in [7, 11) is 0. The van der Waals surface area contributed by atoms with Crippen molar-refractivity contribution < 1.29 is 4.42 Å². The van der Waals surface area contributed by atoms with Crippen LogP contribution in [-0.2, 0) is 6.42 Å². The molecule has 2 saturated carbocycles. The van der Waals surface area contributed by atoms with Gasteiger partial charge in [-0.05, 0) is 56.1 Å². The van der Waals surface area contributed by atoms with Crippen molar-refractivity contribution in [3.63, 3.8) is 0 Å². The number of likely N-dealkylation sites (tertiary alicyclic amines) is 1. The van der Waals surface area contributed by atoms with Crippen molar-refractivity contribution in [2.45, 2.75) is 44.6 Å². The second-order valence-corrected chi connectivity index (χ2v) is 6.79. The van der Waals surface area contributed by atoms with E-state index in [1.54, 1.807) is 6.26 Å². The van der Waals surface area contributed by atoms with E-state index in [1.165, 1.54) is 45.2 Å². The normalized spacial score (nSPS) is 26.4. The molecule has 2 heterocycles. The first-order valence-electron chi connectivity index (χ1n) is 8.47. The summed E-state index contributed by atoms with van der Waals surface area (Å²) < 4.78 is 5.39. The van der Waals surface area contributed by atoms with Crippen molar-refractivity contribution >= 4 is 5.96 Å². The van der Waals surface area contributed by atoms with Crippen LogP contribution in [0.5, 0.6) is 0 Å². The summed E-state index contributed by atoms with van der Waals surface area (Å²) in [5, 5.41) is 3.64. The Morgan fingerprint density at radius 1 is 1.24 bits per heavy atom. The Balaban J connectivity index is 1.35. The van der Waals surface area contributed by atoms with Crippen LogP contribution in [0.3, 0.4) is 0 Å². The van der Waals surface area contributed by atoms with E-state index in [-0.39, 0.29) is 0 Å². The van der Waals surface area contributed by atoms with Gasteiger partial charge in [0.25, 0.3) is 0 Å². The molecule has 1 unspecified atom stereocenters. The number of hydrogen-bond acceptors (Lipinski definition) is 2. The zero-order valence-electron chi connectivity index (χ0n) is 12.6. The number of rotatable bonds is 5. The smallest absolute Gasteiger partial charge is 0.194 e. The molecule has 4 nitrogen and oxygen atoms in total. The summed E-state index contributed by atoms with van der Waals surface area (Å²) in [6.45, 7) is 3.21. The van der Waals surface area contributed by atoms with Gasteiger partial charge in [-0.25, -0.2) is 0 Å². The van der Waals surface area contributed by atoms with Crippen LogP contribution in [0.1, 0.15) is 37.9 Å². The van der Waals surface area contributed by atoms with Crippen LogP contribution in [0.2, 0.25) is 0 Å². The lowest BCUT2D eigenvalue weighted by atomic mass is 10.0. The minimum Gasteiger partial charge on any atom is -0.469 e. The molecule has 114 valence electrons. The second kappa shape index (κ2) is 5.74. The van der Waals surface area contributed by atoms with Crippen LogP contribution in [0.15, 0.2) is 27.8 Å². The fourth-order valence-electron chi connectivity index (χ4n) is 3.31. The molecular formula is C17H25N3O. The lowest BCUT2D eigenvalue weighted by molar-refractivity contribution is 0.434. The molecule has 0 radical (unpaired) electrons. The van der Waals surface area contributed by atoms with Gasteiger partial charge in [-0.15, -0.1) is 0 Å². The molecule has 0 aromatic carbocycles. The summed E-state index contributed by atoms with van der Waals surface area (Å²) in [4.78, 5) is 7.34. The van der Waals surface area contributed by atoms with Crippen LogP contribution < -0.4 is 5.32 Å². The van der Waals surface area contributed by atoms with Crippen LogP contribution >= 0.6 is 0 Å². The molecule has 3 fully saturated rings. The van der Waals surface area contributed by atoms with Crippen molar-refractivity contribution in [1.82, 2.24) is 10.2 Å². The largest absolute Gasteiger partial charge is 0.469 e. The number of guanidine groups is 1. The van der Waals surface area contributed by atoms with Crippen LogP contribution in [-0.4, -0.2) is 36.5 Å². The zero-order chi connectivity index (χ0) is 14.1. The third-order valence-electron chi connectivity index (χ3n) is 4.92. The standard InChI is InChI=1S/C17H25N3O/c1-2-16(21-11-1)7-9-18-17(19-15-5-6-15)20-10-8-14(12-20)13-3-4-13/h1-2,11,13-15H,3-10,12H2,(H,18,19). The highest BCUT2D eigenvalue weighted by molar-refractivity contribution is 5.81. The average Bonchev–Trinajstić information content (AvgIpc) is 3.41. The molecule has 1 aromatic rings. The Morgan fingerprint density at radius 3 is 2.86 bits per heavy atom. The van der Waals surface area contributed by atoms with Crippen LogP contribution in [0.25, 0.3) is 0 Å². The van der Waals surface area contributed by atoms with Gasteiger partial charge in [0.15, 0.2) is 5.96 Å². The van der Waals surface area contributed by atoms with Gasteiger partial charge in [-0.1, -0.05) is 0 Å². The van der Waals surface area contributed by atoms with Gasteiger partial charge < -0.3 is 14.6 Å². The molecular weight excluding hydrogens is 262 g/mol. The number of furan rings is 1. The van der Waals surface area contributed by atoms with Gasteiger partial charge in [0, 0.05) is 32.1 Å². The fraction of sp³-hybridized carbons (Fsp3) is 0.706. The maximum absolute atomic E-state index is 5.39. The lowest BCUT2D eigenvalue weighted by Crippen LogP contribution is -2.41. The van der Waals surface area contributed by atoms with Crippen molar-refractivity contribution in [2.75, 3.05) is 19.6 Å². The number of nitrogens with zero attached hydrogens (tertiary/aromatic N) is 2. The number of hydrogen-bond donors (Lipinski definition) is 1. The Morgan fingerprint density at radius 2 is 2.14 bits per heavy atom. The predicted octanol–water partition coefficient (Wildman–Crippen LogP) is 2.66. The molecule has 21 heavy (non-hydrogen) atoms. The molecule has 0 bridgehead atoms. The highest BCUT2D eigenvalue weighted by atomic mass is 16.3. The topological polar surface area (TPSA) is 40.8 Å². The van der Waals surface area contributed by atoms with Crippen molar-refractivity contribution in [3.05, 3.63) is 24.2 Å². The van der Waals surface area contributed by atoms with Crippen LogP contribution in [0, 0.1) is 11.8 Å². The molecule has 2 aliphatic carbocycles. The van der Waals surface area contributed by atoms with Crippen LogP contribution in [0.4, 0.5) is 0 Å². The van der Waals surface area contributed by atoms with Gasteiger partial charge >= 0.3 is 0 Å². The first-order valence-corrected chi connectivity index (χ1v) is 8.47. The van der Waals surface area contributed by atoms with E-state index in [4.69, 9.17) is 9.41 Å². The SMILES string of the molecule is c1coc(CCN=C(NC2CC2)N2CCC(C3CC3)C2)c1. The Kier molecular flexibility index (Phi) is 3.62. The number of nitrogens with one attached hydrogen (secondary N) is 1. The monoisotopic (exact) mass is 287 g/mol. The van der Waals surface area contributed by atoms with Crippen molar-refractivity contribution in [1.29, 1.82) is 0 Å². The fourth-order valence-corrected chi connectivity index (χ4v) is 3.31. The summed E-state index contributed by atoms with van der Waals surface area (Å²) in [5.41, 5.74) is 0. The third-order valence-corrected chi connectivity index (χ3v) is 4.92. The maximum Gasteiger partial charge on any atom is 0.194 e. The maximum atomic E-state index is 5.39. The average molecular weight is 287 g/mol. The van der Waals surface area contributed by atoms with Gasteiger partial charge in [0.1, 0.15) is 5.76 Å². The summed E-state index contributed by atoms with van der Waals surface area (Å²) >= 11 is 0. The summed E-state index contributed by atoms with van der Waals surface area (Å²) in [6, 6.07) is 4.65. The highest BCUT2D eigenvalue weighted by Crippen LogP contribution is 2.41. The van der Waals surface area contributed by atoms with Gasteiger partial charge in [0.2, 0.25) is 0 Å². The Bertz CT molecular complexity index is 488. The lowest BCUT2D eigenvalue weighted by Gasteiger charge is -2.22. The molecule has 1 aliphatic heterocycles. The minimum atomic E-state index is 0.673. The molecule has 4 rings (SSSR count). The summed E-state index contributed by atoms with van der Waals surface area (Å²) in [6.07, 6.45) is 9.51. The first kappa shape index (κ1) is 13.2.